The van der Waals surface area contributed by atoms with Crippen LogP contribution in [0.2, 0.25) is 0 Å². The van der Waals surface area contributed by atoms with Crippen molar-refractivity contribution in [1.29, 1.82) is 0 Å². The second-order valence-electron chi connectivity index (χ2n) is 6.03. The Bertz CT molecular complexity index is 494. The molecule has 0 aliphatic carbocycles. The summed E-state index contributed by atoms with van der Waals surface area (Å²) in [4.78, 5) is 10.9. The molecule has 132 valence electrons. The van der Waals surface area contributed by atoms with Crippen LogP contribution in [0.3, 0.4) is 0 Å². The smallest absolute Gasteiger partial charge is 0.193 e. The van der Waals surface area contributed by atoms with Gasteiger partial charge in [-0.05, 0) is 67.3 Å². The lowest BCUT2D eigenvalue weighted by Crippen LogP contribution is -2.39. The Hall–Kier alpha value is 0.140. The fourth-order valence-corrected chi connectivity index (χ4v) is 4.39. The summed E-state index contributed by atoms with van der Waals surface area (Å²) in [6, 6.07) is 4.28. The first-order chi connectivity index (χ1) is 10.6. The summed E-state index contributed by atoms with van der Waals surface area (Å²) in [7, 11) is 4.32. The molecule has 1 aliphatic rings. The second kappa shape index (κ2) is 10.9. The average molecular weight is 515 g/mol. The number of likely N-dealkylation sites (tertiary alicyclic amines) is 1. The van der Waals surface area contributed by atoms with E-state index < -0.39 is 0 Å². The molecule has 7 heteroatoms. The highest BCUT2D eigenvalue weighted by atomic mass is 127. The molecule has 0 bridgehead atoms. The third-order valence-corrected chi connectivity index (χ3v) is 5.55. The Balaban J connectivity index is 0.00000264. The number of thiophene rings is 1. The van der Waals surface area contributed by atoms with Crippen LogP contribution in [0.5, 0.6) is 0 Å². The van der Waals surface area contributed by atoms with E-state index in [1.54, 1.807) is 11.3 Å². The standard InChI is InChI=1S/C16H27BrN4S.HI/c1-4-18-16(19-10-13-6-5-9-20(2)11-13)21(3)12-14-7-8-15(17)22-14;/h7-8,13H,4-6,9-12H2,1-3H3,(H,18,19);1H. The zero-order valence-electron chi connectivity index (χ0n) is 14.2. The summed E-state index contributed by atoms with van der Waals surface area (Å²) in [5, 5.41) is 3.42. The normalized spacial score (nSPS) is 19.3. The topological polar surface area (TPSA) is 30.9 Å². The van der Waals surface area contributed by atoms with Crippen LogP contribution in [0.25, 0.3) is 0 Å². The van der Waals surface area contributed by atoms with E-state index in [0.29, 0.717) is 5.92 Å². The van der Waals surface area contributed by atoms with Crippen LogP contribution in [0.4, 0.5) is 0 Å². The largest absolute Gasteiger partial charge is 0.357 e. The van der Waals surface area contributed by atoms with Gasteiger partial charge in [-0.3, -0.25) is 4.99 Å². The van der Waals surface area contributed by atoms with Gasteiger partial charge in [0.05, 0.1) is 10.3 Å². The van der Waals surface area contributed by atoms with E-state index in [1.807, 2.05) is 0 Å². The molecule has 1 unspecified atom stereocenters. The van der Waals surface area contributed by atoms with Crippen molar-refractivity contribution in [2.75, 3.05) is 40.3 Å². The zero-order valence-corrected chi connectivity index (χ0v) is 19.0. The molecule has 2 heterocycles. The van der Waals surface area contributed by atoms with Gasteiger partial charge in [0.1, 0.15) is 0 Å². The van der Waals surface area contributed by atoms with Gasteiger partial charge in [0.2, 0.25) is 0 Å². The summed E-state index contributed by atoms with van der Waals surface area (Å²) >= 11 is 5.31. The maximum Gasteiger partial charge on any atom is 0.193 e. The van der Waals surface area contributed by atoms with Crippen molar-refractivity contribution in [2.45, 2.75) is 26.3 Å². The highest BCUT2D eigenvalue weighted by Gasteiger charge is 2.17. The lowest BCUT2D eigenvalue weighted by atomic mass is 9.99. The number of hydrogen-bond acceptors (Lipinski definition) is 3. The van der Waals surface area contributed by atoms with E-state index in [-0.39, 0.29) is 24.0 Å². The summed E-state index contributed by atoms with van der Waals surface area (Å²) < 4.78 is 1.18. The summed E-state index contributed by atoms with van der Waals surface area (Å²) in [6.07, 6.45) is 2.60. The fourth-order valence-electron chi connectivity index (χ4n) is 2.85. The first-order valence-corrected chi connectivity index (χ1v) is 9.61. The fraction of sp³-hybridized carbons (Fsp3) is 0.688. The molecule has 1 saturated heterocycles. The number of hydrogen-bond donors (Lipinski definition) is 1. The Morgan fingerprint density at radius 2 is 2.30 bits per heavy atom. The van der Waals surface area contributed by atoms with E-state index in [9.17, 15) is 0 Å². The predicted molar refractivity (Wildman–Crippen MR) is 115 cm³/mol. The van der Waals surface area contributed by atoms with E-state index in [1.165, 1.54) is 34.6 Å². The van der Waals surface area contributed by atoms with Gasteiger partial charge >= 0.3 is 0 Å². The highest BCUT2D eigenvalue weighted by molar-refractivity contribution is 14.0. The van der Waals surface area contributed by atoms with E-state index >= 15 is 0 Å². The van der Waals surface area contributed by atoms with Crippen molar-refractivity contribution < 1.29 is 0 Å². The number of halogens is 2. The van der Waals surface area contributed by atoms with Gasteiger partial charge in [0.25, 0.3) is 0 Å². The molecule has 1 aromatic rings. The molecule has 4 nitrogen and oxygen atoms in total. The number of aliphatic imine (C=N–C) groups is 1. The number of nitrogens with one attached hydrogen (secondary N) is 1. The third kappa shape index (κ3) is 7.27. The van der Waals surface area contributed by atoms with Crippen LogP contribution < -0.4 is 5.32 Å². The van der Waals surface area contributed by atoms with E-state index in [2.05, 4.69) is 64.2 Å². The Labute approximate surface area is 169 Å². The molecular formula is C16H28BrIN4S. The van der Waals surface area contributed by atoms with Crippen LogP contribution >= 0.6 is 51.2 Å². The lowest BCUT2D eigenvalue weighted by molar-refractivity contribution is 0.214. The first kappa shape index (κ1) is 21.2. The van der Waals surface area contributed by atoms with Crippen LogP contribution in [-0.4, -0.2) is 56.0 Å². The second-order valence-corrected chi connectivity index (χ2v) is 8.57. The molecule has 0 radical (unpaired) electrons. The van der Waals surface area contributed by atoms with Gasteiger partial charge in [0, 0.05) is 31.6 Å². The molecule has 2 rings (SSSR count). The summed E-state index contributed by atoms with van der Waals surface area (Å²) in [5.41, 5.74) is 0. The Morgan fingerprint density at radius 1 is 1.52 bits per heavy atom. The molecular weight excluding hydrogens is 487 g/mol. The molecule has 1 N–H and O–H groups in total. The lowest BCUT2D eigenvalue weighted by Gasteiger charge is -2.29. The van der Waals surface area contributed by atoms with Gasteiger partial charge in [-0.25, -0.2) is 0 Å². The number of piperidine rings is 1. The Kier molecular flexibility index (Phi) is 10.0. The molecule has 0 aromatic carbocycles. The quantitative estimate of drug-likeness (QED) is 0.367. The van der Waals surface area contributed by atoms with Crippen molar-refractivity contribution in [2.24, 2.45) is 10.9 Å². The Morgan fingerprint density at radius 3 is 2.91 bits per heavy atom. The van der Waals surface area contributed by atoms with Gasteiger partial charge in [-0.1, -0.05) is 0 Å². The molecule has 1 aromatic heterocycles. The molecule has 1 atom stereocenters. The molecule has 0 saturated carbocycles. The van der Waals surface area contributed by atoms with Gasteiger partial charge in [-0.15, -0.1) is 35.3 Å². The zero-order chi connectivity index (χ0) is 15.9. The molecule has 1 aliphatic heterocycles. The van der Waals surface area contributed by atoms with Crippen LogP contribution in [0.15, 0.2) is 20.9 Å². The molecule has 1 fully saturated rings. The molecule has 0 amide bonds. The van der Waals surface area contributed by atoms with Crippen molar-refractivity contribution in [3.63, 3.8) is 0 Å². The maximum absolute atomic E-state index is 4.87. The number of guanidine groups is 1. The summed E-state index contributed by atoms with van der Waals surface area (Å²) in [6.45, 7) is 7.25. The van der Waals surface area contributed by atoms with E-state index in [0.717, 1.165) is 25.6 Å². The highest BCUT2D eigenvalue weighted by Crippen LogP contribution is 2.23. The first-order valence-electron chi connectivity index (χ1n) is 8.00. The maximum atomic E-state index is 4.87. The van der Waals surface area contributed by atoms with Crippen LogP contribution in [0.1, 0.15) is 24.6 Å². The molecule has 23 heavy (non-hydrogen) atoms. The predicted octanol–water partition coefficient (Wildman–Crippen LogP) is 3.87. The third-order valence-electron chi connectivity index (χ3n) is 3.94. The van der Waals surface area contributed by atoms with Crippen molar-refractivity contribution in [3.8, 4) is 0 Å². The SMILES string of the molecule is CCNC(=NCC1CCCN(C)C1)N(C)Cc1ccc(Br)s1.I. The molecule has 0 spiro atoms. The van der Waals surface area contributed by atoms with Gasteiger partial charge in [-0.2, -0.15) is 0 Å². The minimum absolute atomic E-state index is 0. The minimum Gasteiger partial charge on any atom is -0.357 e. The van der Waals surface area contributed by atoms with E-state index in [4.69, 9.17) is 4.99 Å². The van der Waals surface area contributed by atoms with Crippen molar-refractivity contribution >= 4 is 57.2 Å². The summed E-state index contributed by atoms with van der Waals surface area (Å²) in [5.74, 6) is 1.71. The number of rotatable bonds is 5. The van der Waals surface area contributed by atoms with Crippen LogP contribution in [0, 0.1) is 5.92 Å². The van der Waals surface area contributed by atoms with Crippen molar-refractivity contribution in [1.82, 2.24) is 15.1 Å². The van der Waals surface area contributed by atoms with Crippen LogP contribution in [-0.2, 0) is 6.54 Å². The number of nitrogens with zero attached hydrogens (tertiary/aromatic N) is 3. The van der Waals surface area contributed by atoms with Gasteiger partial charge in [0.15, 0.2) is 5.96 Å². The van der Waals surface area contributed by atoms with Crippen molar-refractivity contribution in [3.05, 3.63) is 20.8 Å². The van der Waals surface area contributed by atoms with Gasteiger partial charge < -0.3 is 15.1 Å². The monoisotopic (exact) mass is 514 g/mol. The minimum atomic E-state index is 0. The average Bonchev–Trinajstić information content (AvgIpc) is 2.88.